The number of nitro benzene ring substituents is 1. The van der Waals surface area contributed by atoms with Gasteiger partial charge in [-0.15, -0.1) is 0 Å². The SMILES string of the molecule is O=C1/C(=C/c2ccccc2OCc2ccccc2)SC(=S)N1c1ccc([N+](=O)[O-])cc1. The average Bonchev–Trinajstić information content (AvgIpc) is 3.06. The molecule has 0 aliphatic carbocycles. The first-order valence-electron chi connectivity index (χ1n) is 9.31. The maximum atomic E-state index is 13.0. The van der Waals surface area contributed by atoms with Crippen molar-refractivity contribution >= 4 is 51.7 Å². The summed E-state index contributed by atoms with van der Waals surface area (Å²) < 4.78 is 6.34. The van der Waals surface area contributed by atoms with Crippen molar-refractivity contribution in [1.29, 1.82) is 0 Å². The molecule has 154 valence electrons. The summed E-state index contributed by atoms with van der Waals surface area (Å²) in [4.78, 5) is 25.2. The molecule has 0 N–H and O–H groups in total. The van der Waals surface area contributed by atoms with E-state index in [4.69, 9.17) is 17.0 Å². The molecule has 1 aliphatic rings. The number of thioether (sulfide) groups is 1. The number of benzene rings is 3. The number of hydrogen-bond acceptors (Lipinski definition) is 6. The summed E-state index contributed by atoms with van der Waals surface area (Å²) in [6.07, 6.45) is 1.75. The highest BCUT2D eigenvalue weighted by Crippen LogP contribution is 2.37. The van der Waals surface area contributed by atoms with E-state index in [1.54, 1.807) is 6.08 Å². The number of thiocarbonyl (C=S) groups is 1. The molecule has 3 aromatic rings. The van der Waals surface area contributed by atoms with Crippen molar-refractivity contribution in [3.05, 3.63) is 105 Å². The number of amides is 1. The van der Waals surface area contributed by atoms with E-state index in [2.05, 4.69) is 0 Å². The van der Waals surface area contributed by atoms with Crippen molar-refractivity contribution in [2.45, 2.75) is 6.61 Å². The van der Waals surface area contributed by atoms with Gasteiger partial charge in [-0.25, -0.2) is 0 Å². The molecule has 0 bridgehead atoms. The van der Waals surface area contributed by atoms with E-state index in [0.29, 0.717) is 27.3 Å². The average molecular weight is 449 g/mol. The Kier molecular flexibility index (Phi) is 6.11. The van der Waals surface area contributed by atoms with Gasteiger partial charge in [-0.3, -0.25) is 19.8 Å². The molecule has 1 aliphatic heterocycles. The first-order valence-corrected chi connectivity index (χ1v) is 10.5. The third-order valence-corrected chi connectivity index (χ3v) is 5.86. The van der Waals surface area contributed by atoms with Crippen molar-refractivity contribution in [3.63, 3.8) is 0 Å². The minimum absolute atomic E-state index is 0.0470. The van der Waals surface area contributed by atoms with Crippen LogP contribution < -0.4 is 9.64 Å². The number of hydrogen-bond donors (Lipinski definition) is 0. The molecular formula is C23H16N2O4S2. The van der Waals surface area contributed by atoms with Crippen LogP contribution in [0, 0.1) is 10.1 Å². The fourth-order valence-electron chi connectivity index (χ4n) is 3.02. The largest absolute Gasteiger partial charge is 0.488 e. The van der Waals surface area contributed by atoms with Crippen LogP contribution in [-0.4, -0.2) is 15.2 Å². The number of ether oxygens (including phenoxy) is 1. The van der Waals surface area contributed by atoms with Crippen molar-refractivity contribution in [2.24, 2.45) is 0 Å². The first-order chi connectivity index (χ1) is 15.0. The number of nitro groups is 1. The monoisotopic (exact) mass is 448 g/mol. The van der Waals surface area contributed by atoms with Gasteiger partial charge < -0.3 is 4.74 Å². The van der Waals surface area contributed by atoms with Crippen LogP contribution in [0.25, 0.3) is 6.08 Å². The van der Waals surface area contributed by atoms with Gasteiger partial charge in [0.15, 0.2) is 4.32 Å². The van der Waals surface area contributed by atoms with E-state index in [1.807, 2.05) is 54.6 Å². The zero-order valence-electron chi connectivity index (χ0n) is 16.1. The number of non-ortho nitro benzene ring substituents is 1. The number of carbonyl (C=O) groups excluding carboxylic acids is 1. The second-order valence-corrected chi connectivity index (χ2v) is 8.28. The van der Waals surface area contributed by atoms with Gasteiger partial charge >= 0.3 is 0 Å². The van der Waals surface area contributed by atoms with E-state index in [0.717, 1.165) is 11.1 Å². The molecule has 3 aromatic carbocycles. The molecular weight excluding hydrogens is 432 g/mol. The van der Waals surface area contributed by atoms with Gasteiger partial charge in [0.2, 0.25) is 0 Å². The van der Waals surface area contributed by atoms with Crippen LogP contribution in [0.15, 0.2) is 83.8 Å². The lowest BCUT2D eigenvalue weighted by Gasteiger charge is -2.14. The summed E-state index contributed by atoms with van der Waals surface area (Å²) in [5.74, 6) is 0.383. The second kappa shape index (κ2) is 9.11. The van der Waals surface area contributed by atoms with Gasteiger partial charge in [-0.1, -0.05) is 72.5 Å². The number of para-hydroxylation sites is 1. The number of nitrogens with zero attached hydrogens (tertiary/aromatic N) is 2. The van der Waals surface area contributed by atoms with Gasteiger partial charge in [-0.05, 0) is 29.8 Å². The Morgan fingerprint density at radius 3 is 2.39 bits per heavy atom. The summed E-state index contributed by atoms with van der Waals surface area (Å²) in [6.45, 7) is 0.412. The van der Waals surface area contributed by atoms with Crippen LogP contribution in [0.3, 0.4) is 0 Å². The molecule has 0 unspecified atom stereocenters. The molecule has 1 fully saturated rings. The smallest absolute Gasteiger partial charge is 0.270 e. The molecule has 0 atom stereocenters. The van der Waals surface area contributed by atoms with E-state index in [9.17, 15) is 14.9 Å². The number of rotatable bonds is 6. The zero-order valence-corrected chi connectivity index (χ0v) is 17.8. The van der Waals surface area contributed by atoms with Crippen LogP contribution in [0.1, 0.15) is 11.1 Å². The van der Waals surface area contributed by atoms with Crippen LogP contribution >= 0.6 is 24.0 Å². The molecule has 1 heterocycles. The molecule has 1 saturated heterocycles. The molecule has 8 heteroatoms. The van der Waals surface area contributed by atoms with Crippen molar-refractivity contribution in [1.82, 2.24) is 0 Å². The Balaban J connectivity index is 1.56. The van der Waals surface area contributed by atoms with Gasteiger partial charge in [-0.2, -0.15) is 0 Å². The molecule has 0 spiro atoms. The van der Waals surface area contributed by atoms with Gasteiger partial charge in [0.05, 0.1) is 15.5 Å². The van der Waals surface area contributed by atoms with E-state index in [1.165, 1.54) is 40.9 Å². The van der Waals surface area contributed by atoms with Crippen molar-refractivity contribution < 1.29 is 14.5 Å². The number of anilines is 1. The van der Waals surface area contributed by atoms with Crippen LogP contribution in [0.4, 0.5) is 11.4 Å². The Labute approximate surface area is 188 Å². The standard InChI is InChI=1S/C23H16N2O4S2/c26-22-21(31-23(30)24(22)18-10-12-19(13-11-18)25(27)28)14-17-8-4-5-9-20(17)29-15-16-6-2-1-3-7-16/h1-14H,15H2/b21-14-. The summed E-state index contributed by atoms with van der Waals surface area (Å²) in [5.41, 5.74) is 2.25. The third kappa shape index (κ3) is 4.65. The minimum atomic E-state index is -0.486. The normalized spacial score (nSPS) is 14.8. The summed E-state index contributed by atoms with van der Waals surface area (Å²) >= 11 is 6.57. The van der Waals surface area contributed by atoms with Crippen molar-refractivity contribution in [3.8, 4) is 5.75 Å². The maximum Gasteiger partial charge on any atom is 0.270 e. The second-order valence-electron chi connectivity index (χ2n) is 6.60. The Morgan fingerprint density at radius 2 is 1.68 bits per heavy atom. The lowest BCUT2D eigenvalue weighted by molar-refractivity contribution is -0.384. The van der Waals surface area contributed by atoms with E-state index < -0.39 is 4.92 Å². The van der Waals surface area contributed by atoms with Gasteiger partial charge in [0.1, 0.15) is 12.4 Å². The third-order valence-electron chi connectivity index (χ3n) is 4.56. The first kappa shape index (κ1) is 20.8. The Bertz CT molecular complexity index is 1180. The molecule has 0 radical (unpaired) electrons. The summed E-state index contributed by atoms with van der Waals surface area (Å²) in [6, 6.07) is 23.0. The molecule has 6 nitrogen and oxygen atoms in total. The topological polar surface area (TPSA) is 72.7 Å². The van der Waals surface area contributed by atoms with Crippen LogP contribution in [0.2, 0.25) is 0 Å². The molecule has 0 aromatic heterocycles. The maximum absolute atomic E-state index is 13.0. The predicted molar refractivity (Wildman–Crippen MR) is 126 cm³/mol. The molecule has 1 amide bonds. The highest BCUT2D eigenvalue weighted by Gasteiger charge is 2.33. The summed E-state index contributed by atoms with van der Waals surface area (Å²) in [7, 11) is 0. The van der Waals surface area contributed by atoms with E-state index in [-0.39, 0.29) is 11.6 Å². The fraction of sp³-hybridized carbons (Fsp3) is 0.0435. The minimum Gasteiger partial charge on any atom is -0.488 e. The Morgan fingerprint density at radius 1 is 1.00 bits per heavy atom. The fourth-order valence-corrected chi connectivity index (χ4v) is 4.31. The highest BCUT2D eigenvalue weighted by molar-refractivity contribution is 8.27. The van der Waals surface area contributed by atoms with Crippen LogP contribution in [0.5, 0.6) is 5.75 Å². The zero-order chi connectivity index (χ0) is 21.8. The van der Waals surface area contributed by atoms with Crippen LogP contribution in [-0.2, 0) is 11.4 Å². The lowest BCUT2D eigenvalue weighted by atomic mass is 10.1. The van der Waals surface area contributed by atoms with Gasteiger partial charge in [0.25, 0.3) is 11.6 Å². The van der Waals surface area contributed by atoms with Gasteiger partial charge in [0, 0.05) is 17.7 Å². The van der Waals surface area contributed by atoms with Crippen molar-refractivity contribution in [2.75, 3.05) is 4.90 Å². The predicted octanol–water partition coefficient (Wildman–Crippen LogP) is 5.58. The summed E-state index contributed by atoms with van der Waals surface area (Å²) in [5, 5.41) is 10.9. The number of carbonyl (C=O) groups is 1. The molecule has 4 rings (SSSR count). The molecule has 0 saturated carbocycles. The highest BCUT2D eigenvalue weighted by atomic mass is 32.2. The van der Waals surface area contributed by atoms with E-state index >= 15 is 0 Å². The quantitative estimate of drug-likeness (QED) is 0.212. The lowest BCUT2D eigenvalue weighted by Crippen LogP contribution is -2.27. The molecule has 31 heavy (non-hydrogen) atoms. The Hall–Kier alpha value is -3.49.